The van der Waals surface area contributed by atoms with Gasteiger partial charge in [-0.3, -0.25) is 9.59 Å². The molecule has 1 aliphatic heterocycles. The summed E-state index contributed by atoms with van der Waals surface area (Å²) in [5, 5.41) is 8.01. The van der Waals surface area contributed by atoms with Crippen molar-refractivity contribution in [3.05, 3.63) is 64.7 Å². The number of hydrogen-bond acceptors (Lipinski definition) is 4. The van der Waals surface area contributed by atoms with E-state index in [1.54, 1.807) is 17.0 Å². The molecule has 2 aromatic rings. The second kappa shape index (κ2) is 8.97. The summed E-state index contributed by atoms with van der Waals surface area (Å²) < 4.78 is 23.0. The minimum absolute atomic E-state index is 0.0112. The molecule has 30 heavy (non-hydrogen) atoms. The summed E-state index contributed by atoms with van der Waals surface area (Å²) in [6.07, 6.45) is 1.47. The van der Waals surface area contributed by atoms with Gasteiger partial charge in [0.2, 0.25) is 15.9 Å². The molecule has 0 bridgehead atoms. The van der Waals surface area contributed by atoms with Crippen molar-refractivity contribution in [3.63, 3.8) is 0 Å². The van der Waals surface area contributed by atoms with Crippen LogP contribution in [-0.2, 0) is 21.4 Å². The van der Waals surface area contributed by atoms with Gasteiger partial charge in [0.25, 0.3) is 5.91 Å². The van der Waals surface area contributed by atoms with Gasteiger partial charge in [0.05, 0.1) is 10.8 Å². The summed E-state index contributed by atoms with van der Waals surface area (Å²) in [6, 6.07) is 12.0. The van der Waals surface area contributed by atoms with Crippen molar-refractivity contribution >= 4 is 21.8 Å². The number of sulfonamides is 1. The van der Waals surface area contributed by atoms with E-state index >= 15 is 0 Å². The van der Waals surface area contributed by atoms with Crippen LogP contribution in [0, 0.1) is 19.8 Å². The molecular formula is C22H27N3O4S. The lowest BCUT2D eigenvalue weighted by molar-refractivity contribution is -0.126. The van der Waals surface area contributed by atoms with E-state index in [0.29, 0.717) is 30.6 Å². The molecule has 1 atom stereocenters. The van der Waals surface area contributed by atoms with Crippen LogP contribution < -0.4 is 10.5 Å². The molecule has 1 fully saturated rings. The van der Waals surface area contributed by atoms with Gasteiger partial charge in [-0.05, 0) is 56.5 Å². The fraction of sp³-hybridized carbons (Fsp3) is 0.364. The molecule has 0 radical (unpaired) electrons. The van der Waals surface area contributed by atoms with Gasteiger partial charge in [-0.25, -0.2) is 13.6 Å². The van der Waals surface area contributed by atoms with Crippen LogP contribution in [0.5, 0.6) is 0 Å². The standard InChI is InChI=1S/C22H27N3O4S/c1-15-9-16(2)11-19(10-15)22(27)25-8-4-6-18(14-25)21(26)24-13-17-5-3-7-20(12-17)30(23,28)29/h3,5,7,9-12,18H,4,6,8,13-14H2,1-2H3,(H,24,26)(H2,23,28,29). The summed E-state index contributed by atoms with van der Waals surface area (Å²) in [7, 11) is -3.79. The van der Waals surface area contributed by atoms with Crippen molar-refractivity contribution in [2.45, 2.75) is 38.1 Å². The van der Waals surface area contributed by atoms with Crippen molar-refractivity contribution in [1.82, 2.24) is 10.2 Å². The van der Waals surface area contributed by atoms with E-state index in [2.05, 4.69) is 5.32 Å². The largest absolute Gasteiger partial charge is 0.352 e. The Kier molecular flexibility index (Phi) is 6.58. The van der Waals surface area contributed by atoms with Crippen LogP contribution in [-0.4, -0.2) is 38.2 Å². The van der Waals surface area contributed by atoms with Gasteiger partial charge in [0.15, 0.2) is 0 Å². The molecule has 7 nitrogen and oxygen atoms in total. The Bertz CT molecular complexity index is 1050. The highest BCUT2D eigenvalue weighted by atomic mass is 32.2. The Labute approximate surface area is 177 Å². The van der Waals surface area contributed by atoms with E-state index in [9.17, 15) is 18.0 Å². The lowest BCUT2D eigenvalue weighted by atomic mass is 9.96. The molecule has 0 saturated carbocycles. The lowest BCUT2D eigenvalue weighted by Crippen LogP contribution is -2.45. The van der Waals surface area contributed by atoms with E-state index in [0.717, 1.165) is 17.5 Å². The van der Waals surface area contributed by atoms with Crippen LogP contribution in [0.15, 0.2) is 47.4 Å². The highest BCUT2D eigenvalue weighted by molar-refractivity contribution is 7.89. The number of nitrogens with two attached hydrogens (primary N) is 1. The van der Waals surface area contributed by atoms with E-state index in [1.165, 1.54) is 12.1 Å². The first-order valence-corrected chi connectivity index (χ1v) is 11.4. The third-order valence-electron chi connectivity index (χ3n) is 5.24. The summed E-state index contributed by atoms with van der Waals surface area (Å²) in [5.41, 5.74) is 3.36. The molecule has 160 valence electrons. The molecule has 2 aromatic carbocycles. The maximum Gasteiger partial charge on any atom is 0.253 e. The highest BCUT2D eigenvalue weighted by Crippen LogP contribution is 2.20. The molecule has 1 unspecified atom stereocenters. The van der Waals surface area contributed by atoms with Crippen molar-refractivity contribution in [3.8, 4) is 0 Å². The third kappa shape index (κ3) is 5.46. The maximum atomic E-state index is 12.9. The minimum Gasteiger partial charge on any atom is -0.352 e. The van der Waals surface area contributed by atoms with Gasteiger partial charge in [-0.2, -0.15) is 0 Å². The highest BCUT2D eigenvalue weighted by Gasteiger charge is 2.29. The van der Waals surface area contributed by atoms with Crippen molar-refractivity contribution in [2.24, 2.45) is 11.1 Å². The molecule has 0 aliphatic carbocycles. The number of benzene rings is 2. The lowest BCUT2D eigenvalue weighted by Gasteiger charge is -2.32. The first-order chi connectivity index (χ1) is 14.1. The number of nitrogens with one attached hydrogen (secondary N) is 1. The number of nitrogens with zero attached hydrogens (tertiary/aromatic N) is 1. The smallest absolute Gasteiger partial charge is 0.253 e. The average molecular weight is 430 g/mol. The van der Waals surface area contributed by atoms with Crippen molar-refractivity contribution in [2.75, 3.05) is 13.1 Å². The number of likely N-dealkylation sites (tertiary alicyclic amines) is 1. The Morgan fingerprint density at radius 3 is 2.50 bits per heavy atom. The van der Waals surface area contributed by atoms with E-state index < -0.39 is 10.0 Å². The second-order valence-electron chi connectivity index (χ2n) is 7.88. The quantitative estimate of drug-likeness (QED) is 0.759. The number of hydrogen-bond donors (Lipinski definition) is 2. The number of rotatable bonds is 5. The zero-order valence-corrected chi connectivity index (χ0v) is 18.0. The number of carbonyl (C=O) groups excluding carboxylic acids is 2. The number of primary sulfonamides is 1. The normalized spacial score (nSPS) is 16.9. The Morgan fingerprint density at radius 2 is 1.83 bits per heavy atom. The summed E-state index contributed by atoms with van der Waals surface area (Å²) in [4.78, 5) is 27.3. The number of carbonyl (C=O) groups is 2. The SMILES string of the molecule is Cc1cc(C)cc(C(=O)N2CCCC(C(=O)NCc3cccc(S(N)(=O)=O)c3)C2)c1. The van der Waals surface area contributed by atoms with Gasteiger partial charge in [-0.15, -0.1) is 0 Å². The van der Waals surface area contributed by atoms with Gasteiger partial charge < -0.3 is 10.2 Å². The van der Waals surface area contributed by atoms with Gasteiger partial charge in [-0.1, -0.05) is 29.3 Å². The van der Waals surface area contributed by atoms with Crippen molar-refractivity contribution < 1.29 is 18.0 Å². The molecule has 3 N–H and O–H groups in total. The van der Waals surface area contributed by atoms with Gasteiger partial charge >= 0.3 is 0 Å². The average Bonchev–Trinajstić information content (AvgIpc) is 2.70. The molecule has 2 amide bonds. The van der Waals surface area contributed by atoms with Gasteiger partial charge in [0, 0.05) is 25.2 Å². The fourth-order valence-corrected chi connectivity index (χ4v) is 4.41. The zero-order chi connectivity index (χ0) is 21.9. The summed E-state index contributed by atoms with van der Waals surface area (Å²) >= 11 is 0. The Hall–Kier alpha value is -2.71. The van der Waals surface area contributed by atoms with Gasteiger partial charge in [0.1, 0.15) is 0 Å². The molecule has 0 aromatic heterocycles. The van der Waals surface area contributed by atoms with Crippen LogP contribution in [0.2, 0.25) is 0 Å². The monoisotopic (exact) mass is 429 g/mol. The second-order valence-corrected chi connectivity index (χ2v) is 9.44. The van der Waals surface area contributed by atoms with Crippen LogP contribution in [0.25, 0.3) is 0 Å². The first-order valence-electron chi connectivity index (χ1n) is 9.90. The molecule has 8 heteroatoms. The molecule has 1 aliphatic rings. The van der Waals surface area contributed by atoms with E-state index in [1.807, 2.05) is 32.0 Å². The Balaban J connectivity index is 1.62. The molecule has 1 saturated heterocycles. The molecule has 3 rings (SSSR count). The Morgan fingerprint density at radius 1 is 1.13 bits per heavy atom. The van der Waals surface area contributed by atoms with Crippen LogP contribution in [0.4, 0.5) is 0 Å². The fourth-order valence-electron chi connectivity index (χ4n) is 3.82. The topological polar surface area (TPSA) is 110 Å². The maximum absolute atomic E-state index is 12.9. The molecular weight excluding hydrogens is 402 g/mol. The predicted octanol–water partition coefficient (Wildman–Crippen LogP) is 2.12. The first kappa shape index (κ1) is 22.0. The third-order valence-corrected chi connectivity index (χ3v) is 6.15. The summed E-state index contributed by atoms with van der Waals surface area (Å²) in [5.74, 6) is -0.496. The van der Waals surface area contributed by atoms with Crippen LogP contribution in [0.1, 0.15) is 39.9 Å². The molecule has 1 heterocycles. The number of aryl methyl sites for hydroxylation is 2. The number of piperidine rings is 1. The van der Waals surface area contributed by atoms with Crippen LogP contribution in [0.3, 0.4) is 0 Å². The van der Waals surface area contributed by atoms with E-state index in [-0.39, 0.29) is 29.2 Å². The minimum atomic E-state index is -3.79. The summed E-state index contributed by atoms with van der Waals surface area (Å²) in [6.45, 7) is 5.12. The predicted molar refractivity (Wildman–Crippen MR) is 114 cm³/mol. The number of amides is 2. The zero-order valence-electron chi connectivity index (χ0n) is 17.2. The van der Waals surface area contributed by atoms with E-state index in [4.69, 9.17) is 5.14 Å². The van der Waals surface area contributed by atoms with Crippen molar-refractivity contribution in [1.29, 1.82) is 0 Å². The molecule has 0 spiro atoms. The van der Waals surface area contributed by atoms with Crippen LogP contribution >= 0.6 is 0 Å².